The van der Waals surface area contributed by atoms with Gasteiger partial charge in [-0.25, -0.2) is 13.2 Å². The number of pyridine rings is 1. The van der Waals surface area contributed by atoms with E-state index in [-0.39, 0.29) is 22.2 Å². The first-order valence-electron chi connectivity index (χ1n) is 6.98. The zero-order valence-corrected chi connectivity index (χ0v) is 13.9. The highest BCUT2D eigenvalue weighted by Crippen LogP contribution is 2.16. The number of rotatable bonds is 5. The Balaban J connectivity index is 2.09. The summed E-state index contributed by atoms with van der Waals surface area (Å²) in [7, 11) is -3.27. The van der Waals surface area contributed by atoms with Crippen LogP contribution in [0.4, 0.5) is 0 Å². The minimum Gasteiger partial charge on any atom is -0.478 e. The number of carbonyl (C=O) groups excluding carboxylic acids is 1. The van der Waals surface area contributed by atoms with Crippen molar-refractivity contribution in [2.24, 2.45) is 0 Å². The van der Waals surface area contributed by atoms with Crippen molar-refractivity contribution in [2.45, 2.75) is 17.9 Å². The second-order valence-corrected chi connectivity index (χ2v) is 7.29. The first-order chi connectivity index (χ1) is 11.2. The molecule has 1 heterocycles. The number of benzene rings is 1. The molecule has 0 radical (unpaired) electrons. The third kappa shape index (κ3) is 4.17. The molecule has 1 atom stereocenters. The predicted molar refractivity (Wildman–Crippen MR) is 86.6 cm³/mol. The second kappa shape index (κ2) is 6.79. The number of carboxylic acid groups (broad SMARTS) is 1. The molecule has 1 amide bonds. The highest BCUT2D eigenvalue weighted by Gasteiger charge is 2.14. The van der Waals surface area contributed by atoms with E-state index in [1.807, 2.05) is 0 Å². The summed E-state index contributed by atoms with van der Waals surface area (Å²) in [5.74, 6) is -1.57. The van der Waals surface area contributed by atoms with E-state index in [0.717, 1.165) is 18.0 Å². The molecule has 1 unspecified atom stereocenters. The second-order valence-electron chi connectivity index (χ2n) is 5.27. The molecule has 0 bridgehead atoms. The van der Waals surface area contributed by atoms with Crippen LogP contribution in [-0.4, -0.2) is 36.6 Å². The molecule has 2 aromatic rings. The number of aromatic nitrogens is 1. The smallest absolute Gasteiger partial charge is 0.337 e. The number of carboxylic acids is 1. The van der Waals surface area contributed by atoms with Crippen LogP contribution in [0, 0.1) is 0 Å². The number of nitrogens with one attached hydrogen (secondary N) is 1. The largest absolute Gasteiger partial charge is 0.478 e. The van der Waals surface area contributed by atoms with Crippen LogP contribution in [0.3, 0.4) is 0 Å². The van der Waals surface area contributed by atoms with Crippen molar-refractivity contribution in [3.63, 3.8) is 0 Å². The number of sulfone groups is 1. The standard InChI is InChI=1S/C16H16N2O5S/c1-10(11-3-6-13(7-4-11)24(2,22)23)18-15(19)14-8-5-12(9-17-14)16(20)21/h3-10H,1-2H3,(H,18,19)(H,20,21). The lowest BCUT2D eigenvalue weighted by Crippen LogP contribution is -2.27. The molecule has 2 rings (SSSR count). The van der Waals surface area contributed by atoms with E-state index in [9.17, 15) is 18.0 Å². The summed E-state index contributed by atoms with van der Waals surface area (Å²) in [6.07, 6.45) is 2.24. The number of amides is 1. The van der Waals surface area contributed by atoms with Crippen LogP contribution in [-0.2, 0) is 9.84 Å². The first-order valence-corrected chi connectivity index (χ1v) is 8.88. The van der Waals surface area contributed by atoms with E-state index >= 15 is 0 Å². The molecule has 126 valence electrons. The van der Waals surface area contributed by atoms with Crippen molar-refractivity contribution in [3.8, 4) is 0 Å². The first kappa shape index (κ1) is 17.6. The van der Waals surface area contributed by atoms with Crippen LogP contribution < -0.4 is 5.32 Å². The average molecular weight is 348 g/mol. The lowest BCUT2D eigenvalue weighted by Gasteiger charge is -2.14. The van der Waals surface area contributed by atoms with E-state index in [1.54, 1.807) is 19.1 Å². The van der Waals surface area contributed by atoms with Crippen molar-refractivity contribution >= 4 is 21.7 Å². The molecule has 0 aliphatic carbocycles. The molecule has 7 nitrogen and oxygen atoms in total. The summed E-state index contributed by atoms with van der Waals surface area (Å²) in [6.45, 7) is 1.75. The number of nitrogens with zero attached hydrogens (tertiary/aromatic N) is 1. The molecule has 8 heteroatoms. The maximum Gasteiger partial charge on any atom is 0.337 e. The molecule has 0 spiro atoms. The predicted octanol–water partition coefficient (Wildman–Crippen LogP) is 1.67. The quantitative estimate of drug-likeness (QED) is 0.850. The Kier molecular flexibility index (Phi) is 4.99. The number of hydrogen-bond acceptors (Lipinski definition) is 5. The molecular weight excluding hydrogens is 332 g/mol. The summed E-state index contributed by atoms with van der Waals surface area (Å²) in [5, 5.41) is 11.5. The van der Waals surface area contributed by atoms with Gasteiger partial charge in [0.25, 0.3) is 5.91 Å². The highest BCUT2D eigenvalue weighted by atomic mass is 32.2. The SMILES string of the molecule is CC(NC(=O)c1ccc(C(=O)O)cn1)c1ccc(S(C)(=O)=O)cc1. The third-order valence-corrected chi connectivity index (χ3v) is 4.53. The Morgan fingerprint density at radius 2 is 1.75 bits per heavy atom. The van der Waals surface area contributed by atoms with Crippen LogP contribution in [0.5, 0.6) is 0 Å². The Bertz CT molecular complexity index is 858. The molecule has 0 aliphatic heterocycles. The molecule has 1 aromatic carbocycles. The maximum absolute atomic E-state index is 12.1. The number of carbonyl (C=O) groups is 2. The Morgan fingerprint density at radius 1 is 1.12 bits per heavy atom. The molecule has 2 N–H and O–H groups in total. The average Bonchev–Trinajstić information content (AvgIpc) is 2.54. The molecule has 0 saturated carbocycles. The lowest BCUT2D eigenvalue weighted by atomic mass is 10.1. The summed E-state index contributed by atoms with van der Waals surface area (Å²) in [5.41, 5.74) is 0.827. The van der Waals surface area contributed by atoms with Crippen LogP contribution in [0.15, 0.2) is 47.5 Å². The van der Waals surface area contributed by atoms with E-state index in [4.69, 9.17) is 5.11 Å². The van der Waals surface area contributed by atoms with Crippen LogP contribution in [0.1, 0.15) is 39.4 Å². The lowest BCUT2D eigenvalue weighted by molar-refractivity contribution is 0.0695. The Morgan fingerprint density at radius 3 is 2.21 bits per heavy atom. The van der Waals surface area contributed by atoms with Crippen LogP contribution >= 0.6 is 0 Å². The minimum atomic E-state index is -3.27. The fraction of sp³-hybridized carbons (Fsp3) is 0.188. The fourth-order valence-corrected chi connectivity index (χ4v) is 2.64. The summed E-state index contributed by atoms with van der Waals surface area (Å²) >= 11 is 0. The van der Waals surface area contributed by atoms with E-state index < -0.39 is 21.7 Å². The summed E-state index contributed by atoms with van der Waals surface area (Å²) < 4.78 is 22.9. The third-order valence-electron chi connectivity index (χ3n) is 3.40. The van der Waals surface area contributed by atoms with Gasteiger partial charge in [0.15, 0.2) is 9.84 Å². The summed E-state index contributed by atoms with van der Waals surface area (Å²) in [6, 6.07) is 8.48. The van der Waals surface area contributed by atoms with Crippen molar-refractivity contribution in [1.29, 1.82) is 0 Å². The van der Waals surface area contributed by atoms with Crippen molar-refractivity contribution in [3.05, 3.63) is 59.4 Å². The zero-order chi connectivity index (χ0) is 17.9. The molecule has 24 heavy (non-hydrogen) atoms. The highest BCUT2D eigenvalue weighted by molar-refractivity contribution is 7.90. The van der Waals surface area contributed by atoms with Gasteiger partial charge in [0.2, 0.25) is 0 Å². The van der Waals surface area contributed by atoms with Crippen LogP contribution in [0.25, 0.3) is 0 Å². The normalized spacial score (nSPS) is 12.4. The van der Waals surface area contributed by atoms with Gasteiger partial charge >= 0.3 is 5.97 Å². The summed E-state index contributed by atoms with van der Waals surface area (Å²) in [4.78, 5) is 26.9. The van der Waals surface area contributed by atoms with Crippen molar-refractivity contribution < 1.29 is 23.1 Å². The van der Waals surface area contributed by atoms with Gasteiger partial charge in [-0.3, -0.25) is 9.78 Å². The van der Waals surface area contributed by atoms with Crippen molar-refractivity contribution in [1.82, 2.24) is 10.3 Å². The molecule has 1 aromatic heterocycles. The van der Waals surface area contributed by atoms with Crippen LogP contribution in [0.2, 0.25) is 0 Å². The van der Waals surface area contributed by atoms with Gasteiger partial charge in [0.05, 0.1) is 16.5 Å². The van der Waals surface area contributed by atoms with Gasteiger partial charge < -0.3 is 10.4 Å². The molecular formula is C16H16N2O5S. The van der Waals surface area contributed by atoms with Gasteiger partial charge in [0.1, 0.15) is 5.69 Å². The van der Waals surface area contributed by atoms with E-state index in [1.165, 1.54) is 24.3 Å². The van der Waals surface area contributed by atoms with Gasteiger partial charge in [0, 0.05) is 12.5 Å². The van der Waals surface area contributed by atoms with Gasteiger partial charge in [-0.1, -0.05) is 12.1 Å². The topological polar surface area (TPSA) is 113 Å². The minimum absolute atomic E-state index is 0.00374. The zero-order valence-electron chi connectivity index (χ0n) is 13.1. The number of hydrogen-bond donors (Lipinski definition) is 2. The Labute approximate surface area is 139 Å². The molecule has 0 fully saturated rings. The van der Waals surface area contributed by atoms with Gasteiger partial charge in [-0.05, 0) is 36.8 Å². The fourth-order valence-electron chi connectivity index (χ4n) is 2.01. The molecule has 0 saturated heterocycles. The number of aromatic carboxylic acids is 1. The van der Waals surface area contributed by atoms with Gasteiger partial charge in [-0.15, -0.1) is 0 Å². The van der Waals surface area contributed by atoms with Gasteiger partial charge in [-0.2, -0.15) is 0 Å². The van der Waals surface area contributed by atoms with E-state index in [0.29, 0.717) is 0 Å². The van der Waals surface area contributed by atoms with Crippen molar-refractivity contribution in [2.75, 3.05) is 6.26 Å². The monoisotopic (exact) mass is 348 g/mol. The molecule has 0 aliphatic rings. The maximum atomic E-state index is 12.1. The Hall–Kier alpha value is -2.74. The van der Waals surface area contributed by atoms with E-state index in [2.05, 4.69) is 10.3 Å².